The van der Waals surface area contributed by atoms with Gasteiger partial charge >= 0.3 is 6.09 Å². The largest absolute Gasteiger partial charge is 0.496 e. The fourth-order valence-corrected chi connectivity index (χ4v) is 4.45. The van der Waals surface area contributed by atoms with Gasteiger partial charge in [-0.15, -0.1) is 0 Å². The number of carbonyl (C=O) groups is 4. The molecule has 1 unspecified atom stereocenters. The van der Waals surface area contributed by atoms with Crippen molar-refractivity contribution in [3.05, 3.63) is 63.7 Å². The molecule has 0 bridgehead atoms. The molecule has 4 amide bonds. The van der Waals surface area contributed by atoms with Gasteiger partial charge in [0.05, 0.1) is 23.7 Å². The van der Waals surface area contributed by atoms with Crippen LogP contribution < -0.4 is 26.2 Å². The van der Waals surface area contributed by atoms with E-state index in [1.807, 2.05) is 0 Å². The molecule has 210 valence electrons. The summed E-state index contributed by atoms with van der Waals surface area (Å²) in [7, 11) is 1.44. The molecule has 0 radical (unpaired) electrons. The molecule has 12 heteroatoms. The topological polar surface area (TPSA) is 158 Å². The molecule has 2 aromatic carbocycles. The molecule has 0 saturated carbocycles. The van der Waals surface area contributed by atoms with Crippen LogP contribution in [0.25, 0.3) is 10.9 Å². The smallest absolute Gasteiger partial charge is 0.407 e. The van der Waals surface area contributed by atoms with Crippen molar-refractivity contribution in [3.63, 3.8) is 0 Å². The zero-order valence-corrected chi connectivity index (χ0v) is 22.9. The van der Waals surface area contributed by atoms with Crippen molar-refractivity contribution < 1.29 is 28.7 Å². The van der Waals surface area contributed by atoms with E-state index in [4.69, 9.17) is 9.47 Å². The van der Waals surface area contributed by atoms with Gasteiger partial charge in [0.1, 0.15) is 28.7 Å². The summed E-state index contributed by atoms with van der Waals surface area (Å²) in [5.41, 5.74) is 0.278. The number of anilines is 1. The van der Waals surface area contributed by atoms with E-state index in [2.05, 4.69) is 20.9 Å². The second-order valence-corrected chi connectivity index (χ2v) is 10.3. The minimum atomic E-state index is -0.860. The number of nitrogens with one attached hydrogen (secondary N) is 3. The second-order valence-electron chi connectivity index (χ2n) is 10.3. The summed E-state index contributed by atoms with van der Waals surface area (Å²) >= 11 is 0. The monoisotopic (exact) mass is 549 g/mol. The molecule has 1 aromatic heterocycles. The van der Waals surface area contributed by atoms with E-state index < -0.39 is 35.1 Å². The number of hydrogen-bond donors (Lipinski definition) is 3. The van der Waals surface area contributed by atoms with Gasteiger partial charge in [-0.3, -0.25) is 29.1 Å². The number of fused-ring (bicyclic) bond motifs is 1. The van der Waals surface area contributed by atoms with Crippen molar-refractivity contribution in [2.24, 2.45) is 0 Å². The summed E-state index contributed by atoms with van der Waals surface area (Å²) in [4.78, 5) is 67.4. The standard InChI is InChI=1S/C28H31N5O7/c1-15-30-23-17(26(37)33(15)20-10-12-22(34)32-25(20)36)7-6-8-19(23)31-24(35)18-13-16(9-11-21(18)39-5)14-29-27(38)40-28(2,3)4/h6-9,11,13,20H,10,12,14H2,1-5H3,(H,29,38)(H,31,35)(H,32,34,36). The lowest BCUT2D eigenvalue weighted by atomic mass is 10.1. The SMILES string of the molecule is COc1ccc(CNC(=O)OC(C)(C)C)cc1C(=O)Nc1cccc2c(=O)n(C3CCC(=O)NC3=O)c(C)nc12. The van der Waals surface area contributed by atoms with Crippen LogP contribution in [0.1, 0.15) is 61.4 Å². The summed E-state index contributed by atoms with van der Waals surface area (Å²) in [6, 6.07) is 8.84. The van der Waals surface area contributed by atoms with E-state index >= 15 is 0 Å². The van der Waals surface area contributed by atoms with Crippen molar-refractivity contribution >= 4 is 40.4 Å². The number of para-hydroxylation sites is 1. The average Bonchev–Trinajstić information content (AvgIpc) is 2.88. The van der Waals surface area contributed by atoms with Gasteiger partial charge in [0.25, 0.3) is 11.5 Å². The van der Waals surface area contributed by atoms with Gasteiger partial charge in [0, 0.05) is 13.0 Å². The van der Waals surface area contributed by atoms with Crippen LogP contribution >= 0.6 is 0 Å². The molecular weight excluding hydrogens is 518 g/mol. The molecule has 0 spiro atoms. The fourth-order valence-electron chi connectivity index (χ4n) is 4.45. The Morgan fingerprint density at radius 2 is 1.90 bits per heavy atom. The molecule has 1 aliphatic rings. The molecule has 2 heterocycles. The first kappa shape index (κ1) is 28.3. The molecule has 12 nitrogen and oxygen atoms in total. The van der Waals surface area contributed by atoms with Crippen molar-refractivity contribution in [3.8, 4) is 5.75 Å². The quantitative estimate of drug-likeness (QED) is 0.396. The first-order valence-electron chi connectivity index (χ1n) is 12.7. The summed E-state index contributed by atoms with van der Waals surface area (Å²) < 4.78 is 11.9. The molecule has 3 aromatic rings. The lowest BCUT2D eigenvalue weighted by molar-refractivity contribution is -0.135. The Kier molecular flexibility index (Phi) is 7.89. The van der Waals surface area contributed by atoms with Gasteiger partial charge in [0.2, 0.25) is 11.8 Å². The van der Waals surface area contributed by atoms with Gasteiger partial charge in [0.15, 0.2) is 0 Å². The molecular formula is C28H31N5O7. The molecule has 1 aliphatic heterocycles. The number of rotatable bonds is 6. The van der Waals surface area contributed by atoms with Gasteiger partial charge in [-0.05, 0) is 63.9 Å². The van der Waals surface area contributed by atoms with E-state index in [9.17, 15) is 24.0 Å². The highest BCUT2D eigenvalue weighted by molar-refractivity contribution is 6.09. The first-order chi connectivity index (χ1) is 18.9. The molecule has 1 atom stereocenters. The van der Waals surface area contributed by atoms with Crippen LogP contribution in [-0.2, 0) is 20.9 Å². The predicted molar refractivity (Wildman–Crippen MR) is 146 cm³/mol. The Morgan fingerprint density at radius 3 is 2.58 bits per heavy atom. The lowest BCUT2D eigenvalue weighted by Gasteiger charge is -2.24. The number of piperidine rings is 1. The van der Waals surface area contributed by atoms with Crippen LogP contribution in [0.15, 0.2) is 41.2 Å². The molecule has 40 heavy (non-hydrogen) atoms. The highest BCUT2D eigenvalue weighted by atomic mass is 16.6. The van der Waals surface area contributed by atoms with Crippen LogP contribution in [0.5, 0.6) is 5.75 Å². The van der Waals surface area contributed by atoms with E-state index in [1.165, 1.54) is 11.7 Å². The van der Waals surface area contributed by atoms with Crippen LogP contribution in [0.2, 0.25) is 0 Å². The second kappa shape index (κ2) is 11.2. The van der Waals surface area contributed by atoms with Gasteiger partial charge in [-0.1, -0.05) is 12.1 Å². The summed E-state index contributed by atoms with van der Waals surface area (Å²) in [6.07, 6.45) is -0.284. The maximum absolute atomic E-state index is 13.4. The normalized spacial score (nSPS) is 15.4. The minimum Gasteiger partial charge on any atom is -0.496 e. The van der Waals surface area contributed by atoms with Crippen LogP contribution in [-0.4, -0.2) is 46.1 Å². The van der Waals surface area contributed by atoms with Gasteiger partial charge in [-0.2, -0.15) is 0 Å². The van der Waals surface area contributed by atoms with Crippen molar-refractivity contribution in [2.45, 2.75) is 58.7 Å². The third-order valence-corrected chi connectivity index (χ3v) is 6.22. The lowest BCUT2D eigenvalue weighted by Crippen LogP contribution is -2.45. The van der Waals surface area contributed by atoms with Crippen LogP contribution in [0.3, 0.4) is 0 Å². The van der Waals surface area contributed by atoms with Gasteiger partial charge < -0.3 is 20.1 Å². The maximum atomic E-state index is 13.4. The van der Waals surface area contributed by atoms with Crippen LogP contribution in [0, 0.1) is 6.92 Å². The maximum Gasteiger partial charge on any atom is 0.407 e. The zero-order valence-electron chi connectivity index (χ0n) is 22.9. The van der Waals surface area contributed by atoms with E-state index in [1.54, 1.807) is 64.1 Å². The molecule has 0 aliphatic carbocycles. The van der Waals surface area contributed by atoms with Crippen molar-refractivity contribution in [1.29, 1.82) is 0 Å². The summed E-state index contributed by atoms with van der Waals surface area (Å²) in [5, 5.41) is 7.92. The highest BCUT2D eigenvalue weighted by Crippen LogP contribution is 2.26. The van der Waals surface area contributed by atoms with E-state index in [0.29, 0.717) is 11.3 Å². The number of ether oxygens (including phenoxy) is 2. The number of hydrogen-bond acceptors (Lipinski definition) is 8. The Bertz CT molecular complexity index is 1570. The Morgan fingerprint density at radius 1 is 1.15 bits per heavy atom. The van der Waals surface area contributed by atoms with E-state index in [0.717, 1.165) is 0 Å². The Labute approximate surface area is 230 Å². The number of imide groups is 1. The minimum absolute atomic E-state index is 0.116. The highest BCUT2D eigenvalue weighted by Gasteiger charge is 2.30. The number of carbonyl (C=O) groups excluding carboxylic acids is 4. The molecule has 1 saturated heterocycles. The number of alkyl carbamates (subject to hydrolysis) is 1. The van der Waals surface area contributed by atoms with Gasteiger partial charge in [-0.25, -0.2) is 9.78 Å². The molecule has 1 fully saturated rings. The number of amides is 4. The molecule has 4 rings (SSSR count). The predicted octanol–water partition coefficient (Wildman–Crippen LogP) is 2.97. The average molecular weight is 550 g/mol. The molecule has 3 N–H and O–H groups in total. The number of aryl methyl sites for hydroxylation is 1. The third-order valence-electron chi connectivity index (χ3n) is 6.22. The van der Waals surface area contributed by atoms with Crippen LogP contribution in [0.4, 0.5) is 10.5 Å². The number of aromatic nitrogens is 2. The zero-order chi connectivity index (χ0) is 29.2. The first-order valence-corrected chi connectivity index (χ1v) is 12.7. The fraction of sp³-hybridized carbons (Fsp3) is 0.357. The summed E-state index contributed by atoms with van der Waals surface area (Å²) in [6.45, 7) is 6.99. The Balaban J connectivity index is 1.62. The number of nitrogens with zero attached hydrogens (tertiary/aromatic N) is 2. The Hall–Kier alpha value is -4.74. The number of methoxy groups -OCH3 is 1. The number of benzene rings is 2. The van der Waals surface area contributed by atoms with Crippen molar-refractivity contribution in [2.75, 3.05) is 12.4 Å². The van der Waals surface area contributed by atoms with E-state index in [-0.39, 0.29) is 53.3 Å². The third kappa shape index (κ3) is 6.11. The summed E-state index contributed by atoms with van der Waals surface area (Å²) in [5.74, 6) is -0.882. The van der Waals surface area contributed by atoms with Crippen molar-refractivity contribution in [1.82, 2.24) is 20.2 Å².